The molecular formula is C37H26N4. The molecule has 0 N–H and O–H groups in total. The first-order valence-corrected chi connectivity index (χ1v) is 13.7. The summed E-state index contributed by atoms with van der Waals surface area (Å²) in [5, 5.41) is 12.3. The molecule has 0 aliphatic carbocycles. The van der Waals surface area contributed by atoms with Gasteiger partial charge in [0.05, 0.1) is 39.7 Å². The Kier molecular flexibility index (Phi) is 5.91. The minimum absolute atomic E-state index is 0.584. The van der Waals surface area contributed by atoms with Gasteiger partial charge < -0.3 is 4.57 Å². The van der Waals surface area contributed by atoms with Crippen LogP contribution >= 0.6 is 0 Å². The van der Waals surface area contributed by atoms with Gasteiger partial charge >= 0.3 is 0 Å². The average Bonchev–Trinajstić information content (AvgIpc) is 3.33. The Labute approximate surface area is 238 Å². The molecule has 4 heteroatoms. The van der Waals surface area contributed by atoms with Crippen LogP contribution in [0.15, 0.2) is 121 Å². The van der Waals surface area contributed by atoms with Gasteiger partial charge in [-0.15, -0.1) is 0 Å². The monoisotopic (exact) mass is 526 g/mol. The maximum Gasteiger partial charge on any atom is 0.162 e. The Bertz CT molecular complexity index is 2000. The van der Waals surface area contributed by atoms with Crippen LogP contribution < -0.4 is 0 Å². The van der Waals surface area contributed by atoms with Gasteiger partial charge in [0.25, 0.3) is 0 Å². The number of aromatic nitrogens is 3. The third-order valence-corrected chi connectivity index (χ3v) is 7.55. The summed E-state index contributed by atoms with van der Waals surface area (Å²) in [6, 6.07) is 43.6. The summed E-state index contributed by atoms with van der Waals surface area (Å²) in [6.45, 7) is 4.24. The molecule has 0 atom stereocenters. The second kappa shape index (κ2) is 9.89. The molecule has 0 radical (unpaired) electrons. The van der Waals surface area contributed by atoms with Crippen molar-refractivity contribution in [2.24, 2.45) is 0 Å². The van der Waals surface area contributed by atoms with Crippen LogP contribution in [0.1, 0.15) is 16.7 Å². The Morgan fingerprint density at radius 1 is 0.585 bits per heavy atom. The molecule has 7 aromatic rings. The molecule has 7 rings (SSSR count). The number of aryl methyl sites for hydroxylation is 2. The van der Waals surface area contributed by atoms with E-state index in [2.05, 4.69) is 85.1 Å². The van der Waals surface area contributed by atoms with Crippen LogP contribution in [0.5, 0.6) is 0 Å². The predicted octanol–water partition coefficient (Wildman–Crippen LogP) is 9.06. The van der Waals surface area contributed by atoms with E-state index in [1.807, 2.05) is 60.7 Å². The van der Waals surface area contributed by atoms with Crippen LogP contribution in [-0.2, 0) is 0 Å². The van der Waals surface area contributed by atoms with Crippen molar-refractivity contribution in [1.29, 1.82) is 5.26 Å². The van der Waals surface area contributed by atoms with E-state index in [9.17, 15) is 5.26 Å². The van der Waals surface area contributed by atoms with Crippen LogP contribution in [0.4, 0.5) is 0 Å². The number of hydrogen-bond donors (Lipinski definition) is 0. The predicted molar refractivity (Wildman–Crippen MR) is 167 cm³/mol. The van der Waals surface area contributed by atoms with Crippen LogP contribution in [0.25, 0.3) is 61.4 Å². The first kappa shape index (κ1) is 24.5. The summed E-state index contributed by atoms with van der Waals surface area (Å²) >= 11 is 0. The largest absolute Gasteiger partial charge is 0.308 e. The zero-order valence-corrected chi connectivity index (χ0v) is 22.8. The highest BCUT2D eigenvalue weighted by Crippen LogP contribution is 2.37. The van der Waals surface area contributed by atoms with Crippen molar-refractivity contribution in [3.05, 3.63) is 138 Å². The Balaban J connectivity index is 1.56. The van der Waals surface area contributed by atoms with Gasteiger partial charge in [-0.1, -0.05) is 83.9 Å². The lowest BCUT2D eigenvalue weighted by Gasteiger charge is -2.15. The molecule has 2 aromatic heterocycles. The zero-order chi connectivity index (χ0) is 27.9. The lowest BCUT2D eigenvalue weighted by Crippen LogP contribution is -2.02. The average molecular weight is 527 g/mol. The maximum atomic E-state index is 9.92. The molecule has 5 aromatic carbocycles. The fourth-order valence-corrected chi connectivity index (χ4v) is 5.57. The Morgan fingerprint density at radius 3 is 1.63 bits per heavy atom. The molecule has 0 amide bonds. The van der Waals surface area contributed by atoms with E-state index in [-0.39, 0.29) is 0 Å². The number of rotatable bonds is 4. The van der Waals surface area contributed by atoms with Gasteiger partial charge in [0, 0.05) is 27.5 Å². The van der Waals surface area contributed by atoms with E-state index in [0.29, 0.717) is 11.4 Å². The molecular weight excluding hydrogens is 500 g/mol. The van der Waals surface area contributed by atoms with Crippen molar-refractivity contribution in [2.75, 3.05) is 0 Å². The lowest BCUT2D eigenvalue weighted by atomic mass is 10.0. The summed E-state index contributed by atoms with van der Waals surface area (Å²) in [4.78, 5) is 10.2. The molecule has 0 spiro atoms. The highest BCUT2D eigenvalue weighted by atomic mass is 15.0. The van der Waals surface area contributed by atoms with Crippen LogP contribution in [0.2, 0.25) is 0 Å². The molecule has 4 nitrogen and oxygen atoms in total. The molecule has 0 fully saturated rings. The molecule has 41 heavy (non-hydrogen) atoms. The summed E-state index contributed by atoms with van der Waals surface area (Å²) in [5.74, 6) is 0.610. The van der Waals surface area contributed by atoms with E-state index in [0.717, 1.165) is 44.8 Å². The van der Waals surface area contributed by atoms with Gasteiger partial charge in [-0.3, -0.25) is 0 Å². The van der Waals surface area contributed by atoms with E-state index in [1.54, 1.807) is 0 Å². The standard InChI is InChI=1S/C37H26N4/c1-24-13-17-34-30(19-24)31-20-25(2)14-18-35(31)41(34)36-21-26(23-38)15-16-29(36)37-39-32(27-9-5-3-6-10-27)22-33(40-37)28-11-7-4-8-12-28/h3-22H,1-2H3. The maximum absolute atomic E-state index is 9.92. The quantitative estimate of drug-likeness (QED) is 0.230. The van der Waals surface area contributed by atoms with E-state index in [1.165, 1.54) is 21.9 Å². The molecule has 0 unspecified atom stereocenters. The SMILES string of the molecule is Cc1ccc2c(c1)c1cc(C)ccc1n2-c1cc(C#N)ccc1-c1nc(-c2ccccc2)cc(-c2ccccc2)n1. The minimum Gasteiger partial charge on any atom is -0.308 e. The highest BCUT2D eigenvalue weighted by Gasteiger charge is 2.19. The minimum atomic E-state index is 0.584. The van der Waals surface area contributed by atoms with Crippen molar-refractivity contribution >= 4 is 21.8 Å². The Morgan fingerprint density at radius 2 is 1.12 bits per heavy atom. The third-order valence-electron chi connectivity index (χ3n) is 7.55. The Hall–Kier alpha value is -5.53. The van der Waals surface area contributed by atoms with Gasteiger partial charge in [-0.25, -0.2) is 9.97 Å². The van der Waals surface area contributed by atoms with Crippen LogP contribution in [0, 0.1) is 25.2 Å². The summed E-state index contributed by atoms with van der Waals surface area (Å²) in [5.41, 5.74) is 10.6. The summed E-state index contributed by atoms with van der Waals surface area (Å²) in [7, 11) is 0. The molecule has 0 saturated heterocycles. The van der Waals surface area contributed by atoms with Crippen molar-refractivity contribution in [3.8, 4) is 45.7 Å². The second-order valence-electron chi connectivity index (χ2n) is 10.4. The fraction of sp³-hybridized carbons (Fsp3) is 0.0541. The van der Waals surface area contributed by atoms with Crippen molar-refractivity contribution < 1.29 is 0 Å². The summed E-state index contributed by atoms with van der Waals surface area (Å²) in [6.07, 6.45) is 0. The van der Waals surface area contributed by atoms with Gasteiger partial charge in [0.2, 0.25) is 0 Å². The van der Waals surface area contributed by atoms with Gasteiger partial charge in [-0.05, 0) is 62.4 Å². The topological polar surface area (TPSA) is 54.5 Å². The molecule has 0 aliphatic heterocycles. The number of nitrogens with zero attached hydrogens (tertiary/aromatic N) is 4. The van der Waals surface area contributed by atoms with Gasteiger partial charge in [0.1, 0.15) is 0 Å². The number of fused-ring (bicyclic) bond motifs is 3. The van der Waals surface area contributed by atoms with E-state index < -0.39 is 0 Å². The first-order valence-electron chi connectivity index (χ1n) is 13.7. The lowest BCUT2D eigenvalue weighted by molar-refractivity contribution is 1.13. The number of benzene rings is 5. The molecule has 0 saturated carbocycles. The second-order valence-corrected chi connectivity index (χ2v) is 10.4. The number of hydrogen-bond acceptors (Lipinski definition) is 3. The molecule has 0 bridgehead atoms. The molecule has 194 valence electrons. The van der Waals surface area contributed by atoms with Crippen LogP contribution in [-0.4, -0.2) is 14.5 Å². The van der Waals surface area contributed by atoms with E-state index in [4.69, 9.17) is 9.97 Å². The smallest absolute Gasteiger partial charge is 0.162 e. The molecule has 0 aliphatic rings. The van der Waals surface area contributed by atoms with Crippen LogP contribution in [0.3, 0.4) is 0 Å². The van der Waals surface area contributed by atoms with E-state index >= 15 is 0 Å². The number of nitriles is 1. The van der Waals surface area contributed by atoms with Crippen molar-refractivity contribution in [3.63, 3.8) is 0 Å². The molecule has 2 heterocycles. The first-order chi connectivity index (χ1) is 20.1. The zero-order valence-electron chi connectivity index (χ0n) is 22.8. The normalized spacial score (nSPS) is 11.1. The van der Waals surface area contributed by atoms with Crippen molar-refractivity contribution in [1.82, 2.24) is 14.5 Å². The van der Waals surface area contributed by atoms with Gasteiger partial charge in [0.15, 0.2) is 5.82 Å². The third kappa shape index (κ3) is 4.34. The van der Waals surface area contributed by atoms with Crippen molar-refractivity contribution in [2.45, 2.75) is 13.8 Å². The highest BCUT2D eigenvalue weighted by molar-refractivity contribution is 6.10. The van der Waals surface area contributed by atoms with Gasteiger partial charge in [-0.2, -0.15) is 5.26 Å². The fourth-order valence-electron chi connectivity index (χ4n) is 5.57. The summed E-state index contributed by atoms with van der Waals surface area (Å²) < 4.78 is 2.25.